The molecule has 2 nitrogen and oxygen atoms in total. The van der Waals surface area contributed by atoms with Crippen molar-refractivity contribution in [2.24, 2.45) is 0 Å². The summed E-state index contributed by atoms with van der Waals surface area (Å²) >= 11 is 0. The SMILES string of the molecule is CC[N+](C)(C)C/C=C/C[N+](C)(C)Cc1ccc(C(C)CC(CC(CC(CC(CC(CC(C)c2ccccc2)c2ccccc2)c2ccccc2)c2ccccc2)c2ccc3ccccc3c2)c2ccccc2)cc1. The Hall–Kier alpha value is -6.32. The van der Waals surface area contributed by atoms with Gasteiger partial charge in [0.25, 0.3) is 0 Å². The molecule has 8 aromatic carbocycles. The number of nitrogens with zero attached hydrogens (tertiary/aromatic N) is 2. The highest BCUT2D eigenvalue weighted by molar-refractivity contribution is 5.83. The molecular formula is C72H86N2+2. The molecule has 0 aliphatic rings. The van der Waals surface area contributed by atoms with Gasteiger partial charge >= 0.3 is 0 Å². The Morgan fingerprint density at radius 1 is 0.324 bits per heavy atom. The molecule has 0 fully saturated rings. The smallest absolute Gasteiger partial charge is 0.104 e. The Morgan fingerprint density at radius 2 is 0.649 bits per heavy atom. The van der Waals surface area contributed by atoms with Crippen LogP contribution in [0.5, 0.6) is 0 Å². The summed E-state index contributed by atoms with van der Waals surface area (Å²) in [6.07, 6.45) is 11.3. The van der Waals surface area contributed by atoms with Crippen molar-refractivity contribution >= 4 is 10.8 Å². The Kier molecular flexibility index (Phi) is 19.1. The molecule has 0 spiro atoms. The van der Waals surface area contributed by atoms with Crippen molar-refractivity contribution in [3.05, 3.63) is 275 Å². The molecule has 382 valence electrons. The minimum atomic E-state index is 0.338. The van der Waals surface area contributed by atoms with E-state index in [1.54, 1.807) is 0 Å². The van der Waals surface area contributed by atoms with Gasteiger partial charge in [0.05, 0.1) is 47.8 Å². The van der Waals surface area contributed by atoms with E-state index in [0.717, 1.165) is 73.7 Å². The lowest BCUT2D eigenvalue weighted by molar-refractivity contribution is -0.898. The Balaban J connectivity index is 1.10. The van der Waals surface area contributed by atoms with Crippen LogP contribution in [0.25, 0.3) is 10.8 Å². The van der Waals surface area contributed by atoms with Gasteiger partial charge in [-0.25, -0.2) is 0 Å². The summed E-state index contributed by atoms with van der Waals surface area (Å²) in [5.74, 6) is 2.70. The maximum Gasteiger partial charge on any atom is 0.104 e. The van der Waals surface area contributed by atoms with Crippen LogP contribution in [0.15, 0.2) is 231 Å². The third-order valence-corrected chi connectivity index (χ3v) is 16.6. The van der Waals surface area contributed by atoms with Crippen LogP contribution in [0.4, 0.5) is 0 Å². The average Bonchev–Trinajstić information content (AvgIpc) is 3.44. The van der Waals surface area contributed by atoms with Crippen LogP contribution in [-0.4, -0.2) is 56.8 Å². The Labute approximate surface area is 447 Å². The molecule has 0 radical (unpaired) electrons. The molecule has 0 aliphatic heterocycles. The van der Waals surface area contributed by atoms with Gasteiger partial charge in [-0.05, 0) is 149 Å². The predicted octanol–water partition coefficient (Wildman–Crippen LogP) is 18.2. The van der Waals surface area contributed by atoms with Crippen molar-refractivity contribution in [3.8, 4) is 0 Å². The fraction of sp³-hybridized carbons (Fsp3) is 0.333. The molecule has 0 saturated carbocycles. The summed E-state index contributed by atoms with van der Waals surface area (Å²) in [6, 6.07) is 83.1. The number of likely N-dealkylation sites (N-methyl/N-ethyl adjacent to an activating group) is 2. The molecule has 0 bridgehead atoms. The molecule has 0 heterocycles. The normalized spacial score (nSPS) is 15.1. The third kappa shape index (κ3) is 15.6. The van der Waals surface area contributed by atoms with Crippen LogP contribution in [0.3, 0.4) is 0 Å². The molecule has 8 rings (SSSR count). The van der Waals surface area contributed by atoms with Crippen LogP contribution >= 0.6 is 0 Å². The van der Waals surface area contributed by atoms with E-state index in [1.165, 1.54) is 55.3 Å². The topological polar surface area (TPSA) is 0 Å². The number of quaternary nitrogens is 2. The number of hydrogen-bond acceptors (Lipinski definition) is 0. The van der Waals surface area contributed by atoms with E-state index < -0.39 is 0 Å². The minimum absolute atomic E-state index is 0.338. The highest BCUT2D eigenvalue weighted by Gasteiger charge is 2.30. The number of rotatable bonds is 26. The van der Waals surface area contributed by atoms with Gasteiger partial charge in [-0.2, -0.15) is 0 Å². The van der Waals surface area contributed by atoms with Gasteiger partial charge in [-0.3, -0.25) is 0 Å². The van der Waals surface area contributed by atoms with Crippen LogP contribution in [0, 0.1) is 0 Å². The first-order valence-electron chi connectivity index (χ1n) is 28.0. The quantitative estimate of drug-likeness (QED) is 0.0375. The molecular weight excluding hydrogens is 893 g/mol. The molecule has 7 atom stereocenters. The van der Waals surface area contributed by atoms with Crippen LogP contribution < -0.4 is 0 Å². The highest BCUT2D eigenvalue weighted by Crippen LogP contribution is 2.47. The Bertz CT molecular complexity index is 2890. The lowest BCUT2D eigenvalue weighted by Gasteiger charge is -2.33. The number of hydrogen-bond donors (Lipinski definition) is 0. The monoisotopic (exact) mass is 979 g/mol. The standard InChI is InChI=1S/C72H86N2/c1-8-73(4,5)46-26-27-47-74(6,7)55-58-40-42-60(43-41-58)57(3)49-69(62-32-18-11-19-33-62)52-72(67-45-44-65-38-24-25-39-66(65)50-67)54-71(64-36-22-13-23-37-64)53-70(63-34-20-12-21-35-63)51-68(61-30-16-10-17-31-61)48-56(2)59-28-14-9-15-29-59/h9-45,50,56-57,68-72H,8,46-49,51-55H2,1-7H3/q+2/b27-26+. The van der Waals surface area contributed by atoms with E-state index in [-0.39, 0.29) is 0 Å². The summed E-state index contributed by atoms with van der Waals surface area (Å²) in [7, 11) is 9.33. The first-order valence-corrected chi connectivity index (χ1v) is 28.0. The van der Waals surface area contributed by atoms with Crippen molar-refractivity contribution < 1.29 is 8.97 Å². The van der Waals surface area contributed by atoms with Crippen molar-refractivity contribution in [2.45, 2.75) is 107 Å². The molecule has 2 heteroatoms. The van der Waals surface area contributed by atoms with Crippen LogP contribution in [0.1, 0.15) is 145 Å². The second kappa shape index (κ2) is 26.3. The van der Waals surface area contributed by atoms with Gasteiger partial charge in [-0.15, -0.1) is 0 Å². The van der Waals surface area contributed by atoms with Gasteiger partial charge in [0, 0.05) is 5.56 Å². The number of benzene rings is 8. The summed E-state index contributed by atoms with van der Waals surface area (Å²) in [4.78, 5) is 0. The predicted molar refractivity (Wildman–Crippen MR) is 318 cm³/mol. The fourth-order valence-corrected chi connectivity index (χ4v) is 11.8. The molecule has 8 aromatic rings. The van der Waals surface area contributed by atoms with Crippen molar-refractivity contribution in [2.75, 3.05) is 47.8 Å². The van der Waals surface area contributed by atoms with E-state index in [9.17, 15) is 0 Å². The van der Waals surface area contributed by atoms with Gasteiger partial charge in [-0.1, -0.05) is 232 Å². The molecule has 7 unspecified atom stereocenters. The third-order valence-electron chi connectivity index (χ3n) is 16.6. The lowest BCUT2D eigenvalue weighted by atomic mass is 9.71. The van der Waals surface area contributed by atoms with E-state index >= 15 is 0 Å². The van der Waals surface area contributed by atoms with Gasteiger partial charge in [0.2, 0.25) is 0 Å². The molecule has 74 heavy (non-hydrogen) atoms. The first kappa shape index (κ1) is 54.0. The van der Waals surface area contributed by atoms with Gasteiger partial charge < -0.3 is 8.97 Å². The van der Waals surface area contributed by atoms with E-state index in [1.807, 2.05) is 0 Å². The van der Waals surface area contributed by atoms with Crippen LogP contribution in [0.2, 0.25) is 0 Å². The molecule has 0 amide bonds. The zero-order chi connectivity index (χ0) is 51.8. The maximum atomic E-state index is 2.53. The van der Waals surface area contributed by atoms with Crippen molar-refractivity contribution in [3.63, 3.8) is 0 Å². The van der Waals surface area contributed by atoms with E-state index in [0.29, 0.717) is 41.4 Å². The van der Waals surface area contributed by atoms with E-state index in [4.69, 9.17) is 0 Å². The zero-order valence-corrected chi connectivity index (χ0v) is 45.9. The molecule has 0 N–H and O–H groups in total. The lowest BCUT2D eigenvalue weighted by Crippen LogP contribution is -2.40. The van der Waals surface area contributed by atoms with Crippen molar-refractivity contribution in [1.29, 1.82) is 0 Å². The van der Waals surface area contributed by atoms with E-state index in [2.05, 4.69) is 280 Å². The Morgan fingerprint density at radius 3 is 1.07 bits per heavy atom. The van der Waals surface area contributed by atoms with Crippen molar-refractivity contribution in [1.82, 2.24) is 0 Å². The summed E-state index contributed by atoms with van der Waals surface area (Å²) in [6.45, 7) is 11.4. The number of fused-ring (bicyclic) bond motifs is 1. The summed E-state index contributed by atoms with van der Waals surface area (Å²) < 4.78 is 1.96. The van der Waals surface area contributed by atoms with Gasteiger partial charge in [0.1, 0.15) is 6.54 Å². The first-order chi connectivity index (χ1) is 35.9. The highest BCUT2D eigenvalue weighted by atomic mass is 15.3. The maximum absolute atomic E-state index is 2.53. The summed E-state index contributed by atoms with van der Waals surface area (Å²) in [5, 5.41) is 2.63. The second-order valence-corrected chi connectivity index (χ2v) is 23.3. The average molecular weight is 979 g/mol. The second-order valence-electron chi connectivity index (χ2n) is 23.3. The fourth-order valence-electron chi connectivity index (χ4n) is 11.8. The molecule has 0 aromatic heterocycles. The molecule has 0 saturated heterocycles. The van der Waals surface area contributed by atoms with Gasteiger partial charge in [0.15, 0.2) is 0 Å². The zero-order valence-electron chi connectivity index (χ0n) is 45.9. The molecule has 0 aliphatic carbocycles. The largest absolute Gasteiger partial charge is 0.325 e. The summed E-state index contributed by atoms with van der Waals surface area (Å²) in [5.41, 5.74) is 11.5. The minimum Gasteiger partial charge on any atom is -0.325 e. The van der Waals surface area contributed by atoms with Crippen LogP contribution in [-0.2, 0) is 6.54 Å².